The molecule has 0 fully saturated rings. The third kappa shape index (κ3) is 2.98. The standard InChI is InChI=1S/C20H21BrFN3O3S/c1-20(2)11-25(10-12-6-5-7-14(22)18(12)20)29(27,28)17-9-16-15(8-13(17)21)23(3)19(26)24(16)4/h5-9H,10-11H2,1-4H3. The van der Waals surface area contributed by atoms with Crippen molar-refractivity contribution < 1.29 is 12.8 Å². The van der Waals surface area contributed by atoms with E-state index in [9.17, 15) is 17.6 Å². The number of imidazole rings is 1. The number of hydrogen-bond acceptors (Lipinski definition) is 3. The maximum atomic E-state index is 14.4. The van der Waals surface area contributed by atoms with Crippen molar-refractivity contribution in [2.75, 3.05) is 6.54 Å². The molecule has 9 heteroatoms. The molecule has 1 aliphatic heterocycles. The van der Waals surface area contributed by atoms with Crippen molar-refractivity contribution in [3.05, 3.63) is 62.2 Å². The Morgan fingerprint density at radius 2 is 1.72 bits per heavy atom. The normalized spacial score (nSPS) is 16.9. The second-order valence-electron chi connectivity index (χ2n) is 8.10. The number of sulfonamides is 1. The average molecular weight is 482 g/mol. The van der Waals surface area contributed by atoms with E-state index in [1.54, 1.807) is 32.3 Å². The number of hydrogen-bond donors (Lipinski definition) is 0. The van der Waals surface area contributed by atoms with Gasteiger partial charge >= 0.3 is 5.69 Å². The smallest absolute Gasteiger partial charge is 0.295 e. The first-order chi connectivity index (χ1) is 13.4. The molecule has 2 heterocycles. The van der Waals surface area contributed by atoms with Crippen molar-refractivity contribution in [2.24, 2.45) is 14.1 Å². The molecule has 0 saturated carbocycles. The molecular formula is C20H21BrFN3O3S. The Kier molecular flexibility index (Phi) is 4.56. The molecule has 4 rings (SSSR count). The topological polar surface area (TPSA) is 64.3 Å². The lowest BCUT2D eigenvalue weighted by molar-refractivity contribution is 0.291. The van der Waals surface area contributed by atoms with Gasteiger partial charge in [-0.1, -0.05) is 26.0 Å². The predicted octanol–water partition coefficient (Wildman–Crippen LogP) is 3.26. The van der Waals surface area contributed by atoms with Gasteiger partial charge in [0, 0.05) is 37.1 Å². The maximum Gasteiger partial charge on any atom is 0.328 e. The van der Waals surface area contributed by atoms with E-state index < -0.39 is 15.4 Å². The lowest BCUT2D eigenvalue weighted by Gasteiger charge is -2.39. The Morgan fingerprint density at radius 1 is 1.10 bits per heavy atom. The first kappa shape index (κ1) is 20.3. The van der Waals surface area contributed by atoms with Gasteiger partial charge in [-0.15, -0.1) is 0 Å². The van der Waals surface area contributed by atoms with Crippen LogP contribution in [-0.4, -0.2) is 28.4 Å². The van der Waals surface area contributed by atoms with Gasteiger partial charge in [-0.3, -0.25) is 9.13 Å². The Hall–Kier alpha value is -1.97. The lowest BCUT2D eigenvalue weighted by atomic mass is 9.79. The fourth-order valence-electron chi connectivity index (χ4n) is 4.23. The second kappa shape index (κ2) is 6.52. The molecule has 1 aromatic heterocycles. The molecule has 6 nitrogen and oxygen atoms in total. The molecule has 3 aromatic rings. The van der Waals surface area contributed by atoms with Crippen LogP contribution in [0.15, 0.2) is 44.5 Å². The number of fused-ring (bicyclic) bond motifs is 2. The predicted molar refractivity (Wildman–Crippen MR) is 113 cm³/mol. The molecule has 29 heavy (non-hydrogen) atoms. The quantitative estimate of drug-likeness (QED) is 0.564. The van der Waals surface area contributed by atoms with Crippen molar-refractivity contribution in [3.8, 4) is 0 Å². The van der Waals surface area contributed by atoms with Gasteiger partial charge in [-0.25, -0.2) is 17.6 Å². The highest BCUT2D eigenvalue weighted by Gasteiger charge is 2.40. The molecule has 0 saturated heterocycles. The van der Waals surface area contributed by atoms with Crippen molar-refractivity contribution in [2.45, 2.75) is 30.7 Å². The molecule has 0 unspecified atom stereocenters. The summed E-state index contributed by atoms with van der Waals surface area (Å²) in [6.45, 7) is 3.93. The van der Waals surface area contributed by atoms with Crippen LogP contribution >= 0.6 is 15.9 Å². The first-order valence-corrected chi connectivity index (χ1v) is 11.3. The maximum absolute atomic E-state index is 14.4. The third-order valence-electron chi connectivity index (χ3n) is 5.64. The van der Waals surface area contributed by atoms with Crippen LogP contribution in [0, 0.1) is 5.82 Å². The molecule has 0 N–H and O–H groups in total. The molecule has 154 valence electrons. The monoisotopic (exact) mass is 481 g/mol. The largest absolute Gasteiger partial charge is 0.328 e. The zero-order valence-electron chi connectivity index (χ0n) is 16.5. The highest BCUT2D eigenvalue weighted by atomic mass is 79.9. The fraction of sp³-hybridized carbons (Fsp3) is 0.350. The highest BCUT2D eigenvalue weighted by molar-refractivity contribution is 9.10. The first-order valence-electron chi connectivity index (χ1n) is 9.08. The summed E-state index contributed by atoms with van der Waals surface area (Å²) in [6, 6.07) is 7.94. The van der Waals surface area contributed by atoms with Crippen molar-refractivity contribution >= 4 is 37.0 Å². The third-order valence-corrected chi connectivity index (χ3v) is 8.39. The van der Waals surface area contributed by atoms with E-state index in [2.05, 4.69) is 15.9 Å². The van der Waals surface area contributed by atoms with Crippen LogP contribution in [-0.2, 0) is 36.1 Å². The van der Waals surface area contributed by atoms with Crippen LogP contribution in [0.3, 0.4) is 0 Å². The number of rotatable bonds is 2. The van der Waals surface area contributed by atoms with Gasteiger partial charge in [-0.05, 0) is 45.3 Å². The van der Waals surface area contributed by atoms with Crippen molar-refractivity contribution in [1.82, 2.24) is 13.4 Å². The van der Waals surface area contributed by atoms with Crippen LogP contribution in [0.1, 0.15) is 25.0 Å². The zero-order valence-corrected chi connectivity index (χ0v) is 18.9. The summed E-state index contributed by atoms with van der Waals surface area (Å²) in [5.74, 6) is -0.313. The van der Waals surface area contributed by atoms with E-state index in [1.807, 2.05) is 13.8 Å². The molecule has 0 amide bonds. The van der Waals surface area contributed by atoms with Gasteiger partial charge in [0.25, 0.3) is 0 Å². The molecule has 0 bridgehead atoms. The number of aryl methyl sites for hydroxylation is 2. The van der Waals surface area contributed by atoms with Crippen LogP contribution in [0.5, 0.6) is 0 Å². The van der Waals surface area contributed by atoms with Gasteiger partial charge in [0.1, 0.15) is 5.82 Å². The van der Waals surface area contributed by atoms with Crippen molar-refractivity contribution in [3.63, 3.8) is 0 Å². The van der Waals surface area contributed by atoms with E-state index >= 15 is 0 Å². The molecule has 0 radical (unpaired) electrons. The summed E-state index contributed by atoms with van der Waals surface area (Å²) >= 11 is 3.37. The number of aromatic nitrogens is 2. The molecule has 1 aliphatic rings. The van der Waals surface area contributed by atoms with E-state index in [-0.39, 0.29) is 29.5 Å². The molecule has 0 aliphatic carbocycles. The van der Waals surface area contributed by atoms with E-state index in [0.29, 0.717) is 26.6 Å². The molecule has 0 spiro atoms. The van der Waals surface area contributed by atoms with Gasteiger partial charge in [0.15, 0.2) is 0 Å². The van der Waals surface area contributed by atoms with Gasteiger partial charge in [0.2, 0.25) is 10.0 Å². The lowest BCUT2D eigenvalue weighted by Crippen LogP contribution is -2.45. The van der Waals surface area contributed by atoms with Gasteiger partial charge in [0.05, 0.1) is 15.9 Å². The molecular weight excluding hydrogens is 461 g/mol. The zero-order chi connectivity index (χ0) is 21.3. The highest BCUT2D eigenvalue weighted by Crippen LogP contribution is 2.39. The van der Waals surface area contributed by atoms with Crippen LogP contribution < -0.4 is 5.69 Å². The Morgan fingerprint density at radius 3 is 2.38 bits per heavy atom. The van der Waals surface area contributed by atoms with E-state index in [0.717, 1.165) is 0 Å². The summed E-state index contributed by atoms with van der Waals surface area (Å²) < 4.78 is 46.2. The fourth-order valence-corrected chi connectivity index (χ4v) is 6.82. The van der Waals surface area contributed by atoms with Crippen molar-refractivity contribution in [1.29, 1.82) is 0 Å². The minimum Gasteiger partial charge on any atom is -0.295 e. The Bertz CT molecular complexity index is 1320. The van der Waals surface area contributed by atoms with E-state index in [4.69, 9.17) is 0 Å². The average Bonchev–Trinajstić information content (AvgIpc) is 2.84. The number of benzene rings is 2. The van der Waals surface area contributed by atoms with Crippen LogP contribution in [0.25, 0.3) is 11.0 Å². The van der Waals surface area contributed by atoms with E-state index in [1.165, 1.54) is 25.6 Å². The summed E-state index contributed by atoms with van der Waals surface area (Å²) in [5.41, 5.74) is 1.48. The number of nitrogens with zero attached hydrogens (tertiary/aromatic N) is 3. The van der Waals surface area contributed by atoms with Crippen LogP contribution in [0.4, 0.5) is 4.39 Å². The minimum absolute atomic E-state index is 0.0850. The Balaban J connectivity index is 1.87. The summed E-state index contributed by atoms with van der Waals surface area (Å²) in [5, 5.41) is 0. The summed E-state index contributed by atoms with van der Waals surface area (Å²) in [7, 11) is -0.640. The molecule has 0 atom stereocenters. The van der Waals surface area contributed by atoms with Crippen LogP contribution in [0.2, 0.25) is 0 Å². The number of halogens is 2. The summed E-state index contributed by atoms with van der Waals surface area (Å²) in [6.07, 6.45) is 0. The van der Waals surface area contributed by atoms with Gasteiger partial charge < -0.3 is 0 Å². The minimum atomic E-state index is -3.89. The van der Waals surface area contributed by atoms with Gasteiger partial charge in [-0.2, -0.15) is 4.31 Å². The SMILES string of the molecule is Cn1c(=O)n(C)c2cc(S(=O)(=O)N3Cc4cccc(F)c4C(C)(C)C3)c(Br)cc21. The second-order valence-corrected chi connectivity index (χ2v) is 10.9. The Labute approximate surface area is 176 Å². The summed E-state index contributed by atoms with van der Waals surface area (Å²) in [4.78, 5) is 12.3. The molecule has 2 aromatic carbocycles.